The van der Waals surface area contributed by atoms with Gasteiger partial charge in [0.05, 0.1) is 6.61 Å². The molecule has 0 atom stereocenters. The summed E-state index contributed by atoms with van der Waals surface area (Å²) >= 11 is 1.47. The van der Waals surface area contributed by atoms with E-state index >= 15 is 0 Å². The van der Waals surface area contributed by atoms with Crippen molar-refractivity contribution < 1.29 is 14.3 Å². The number of carbonyl (C=O) groups is 1. The summed E-state index contributed by atoms with van der Waals surface area (Å²) in [5.74, 6) is -0.440. The molecule has 0 saturated carbocycles. The first-order valence-corrected chi connectivity index (χ1v) is 8.40. The quantitative estimate of drug-likeness (QED) is 0.782. The summed E-state index contributed by atoms with van der Waals surface area (Å²) in [5, 5.41) is 10.9. The number of hydrogen-bond donors (Lipinski definition) is 1. The Morgan fingerprint density at radius 1 is 1.39 bits per heavy atom. The highest BCUT2D eigenvalue weighted by atomic mass is 32.1. The van der Waals surface area contributed by atoms with Crippen molar-refractivity contribution in [3.63, 3.8) is 0 Å². The minimum Gasteiger partial charge on any atom is -0.392 e. The van der Waals surface area contributed by atoms with Crippen molar-refractivity contribution in [1.29, 1.82) is 0 Å². The highest BCUT2D eigenvalue weighted by Gasteiger charge is 2.12. The molecule has 2 rings (SSSR count). The van der Waals surface area contributed by atoms with Crippen LogP contribution in [0, 0.1) is 5.82 Å². The Kier molecular flexibility index (Phi) is 6.50. The maximum absolute atomic E-state index is 13.8. The number of carbonyl (C=O) groups excluding carboxylic acids is 1. The van der Waals surface area contributed by atoms with Gasteiger partial charge in [0.25, 0.3) is 0 Å². The average Bonchev–Trinajstić information content (AvgIpc) is 3.02. The molecular formula is C18H20FNO2S. The maximum Gasteiger partial charge on any atom is 0.246 e. The third kappa shape index (κ3) is 5.01. The van der Waals surface area contributed by atoms with Gasteiger partial charge < -0.3 is 10.0 Å². The molecule has 1 heterocycles. The first-order chi connectivity index (χ1) is 11.1. The van der Waals surface area contributed by atoms with Gasteiger partial charge in [-0.25, -0.2) is 4.39 Å². The van der Waals surface area contributed by atoms with E-state index < -0.39 is 0 Å². The van der Waals surface area contributed by atoms with Crippen LogP contribution in [0.2, 0.25) is 0 Å². The van der Waals surface area contributed by atoms with E-state index in [-0.39, 0.29) is 24.9 Å². The van der Waals surface area contributed by atoms with Gasteiger partial charge in [0.2, 0.25) is 5.91 Å². The number of aliphatic hydroxyl groups is 1. The standard InChI is InChI=1S/C18H20FNO2S/c1-2-9-20(11-15-5-3-4-6-17(15)19)18(22)8-7-16-10-14(12-21)13-23-16/h3-8,10,13,21H,2,9,11-12H2,1H3. The molecule has 23 heavy (non-hydrogen) atoms. The van der Waals surface area contributed by atoms with Gasteiger partial charge in [-0.1, -0.05) is 25.1 Å². The summed E-state index contributed by atoms with van der Waals surface area (Å²) in [6, 6.07) is 8.35. The van der Waals surface area contributed by atoms with Crippen molar-refractivity contribution in [2.45, 2.75) is 26.5 Å². The van der Waals surface area contributed by atoms with E-state index in [2.05, 4.69) is 0 Å². The second-order valence-electron chi connectivity index (χ2n) is 5.20. The van der Waals surface area contributed by atoms with Crippen LogP contribution in [-0.4, -0.2) is 22.5 Å². The summed E-state index contributed by atoms with van der Waals surface area (Å²) in [7, 11) is 0. The molecule has 0 aliphatic heterocycles. The van der Waals surface area contributed by atoms with Crippen molar-refractivity contribution in [2.24, 2.45) is 0 Å². The lowest BCUT2D eigenvalue weighted by Gasteiger charge is -2.21. The lowest BCUT2D eigenvalue weighted by Crippen LogP contribution is -2.30. The summed E-state index contributed by atoms with van der Waals surface area (Å²) in [6.45, 7) is 2.81. The van der Waals surface area contributed by atoms with Gasteiger partial charge in [0.15, 0.2) is 0 Å². The Hall–Kier alpha value is -1.98. The van der Waals surface area contributed by atoms with Gasteiger partial charge in [0, 0.05) is 29.6 Å². The number of hydrogen-bond acceptors (Lipinski definition) is 3. The van der Waals surface area contributed by atoms with Crippen LogP contribution in [0.4, 0.5) is 4.39 Å². The highest BCUT2D eigenvalue weighted by molar-refractivity contribution is 7.11. The van der Waals surface area contributed by atoms with Gasteiger partial charge in [0.1, 0.15) is 5.82 Å². The normalized spacial score (nSPS) is 11.1. The molecule has 0 unspecified atom stereocenters. The molecule has 0 bridgehead atoms. The number of benzene rings is 1. The smallest absolute Gasteiger partial charge is 0.246 e. The summed E-state index contributed by atoms with van der Waals surface area (Å²) in [6.07, 6.45) is 4.04. The zero-order valence-corrected chi connectivity index (χ0v) is 13.9. The Morgan fingerprint density at radius 2 is 2.17 bits per heavy atom. The van der Waals surface area contributed by atoms with Crippen molar-refractivity contribution in [3.05, 3.63) is 63.6 Å². The van der Waals surface area contributed by atoms with E-state index in [1.165, 1.54) is 23.5 Å². The summed E-state index contributed by atoms with van der Waals surface area (Å²) in [5.41, 5.74) is 1.35. The van der Waals surface area contributed by atoms with Crippen molar-refractivity contribution in [3.8, 4) is 0 Å². The minimum atomic E-state index is -0.295. The van der Waals surface area contributed by atoms with Crippen LogP contribution in [0.1, 0.15) is 29.3 Å². The molecule has 1 N–H and O–H groups in total. The molecule has 1 aromatic heterocycles. The fraction of sp³-hybridized carbons (Fsp3) is 0.278. The van der Waals surface area contributed by atoms with Crippen LogP contribution in [0.5, 0.6) is 0 Å². The third-order valence-corrected chi connectivity index (χ3v) is 4.32. The molecule has 0 radical (unpaired) electrons. The molecular weight excluding hydrogens is 313 g/mol. The van der Waals surface area contributed by atoms with Gasteiger partial charge in [-0.05, 0) is 35.6 Å². The topological polar surface area (TPSA) is 40.5 Å². The zero-order valence-electron chi connectivity index (χ0n) is 13.0. The molecule has 3 nitrogen and oxygen atoms in total. The van der Waals surface area contributed by atoms with Gasteiger partial charge in [-0.2, -0.15) is 0 Å². The van der Waals surface area contributed by atoms with Crippen molar-refractivity contribution >= 4 is 23.3 Å². The third-order valence-electron chi connectivity index (χ3n) is 3.37. The lowest BCUT2D eigenvalue weighted by atomic mass is 10.2. The van der Waals surface area contributed by atoms with Crippen LogP contribution in [-0.2, 0) is 17.9 Å². The number of thiophene rings is 1. The number of aliphatic hydroxyl groups excluding tert-OH is 1. The molecule has 5 heteroatoms. The number of amides is 1. The Bertz CT molecular complexity index is 681. The molecule has 0 spiro atoms. The second kappa shape index (κ2) is 8.60. The van der Waals surface area contributed by atoms with Crippen LogP contribution < -0.4 is 0 Å². The minimum absolute atomic E-state index is 0.00642. The molecule has 122 valence electrons. The van der Waals surface area contributed by atoms with E-state index in [1.54, 1.807) is 29.2 Å². The predicted octanol–water partition coefficient (Wildman–Crippen LogP) is 3.83. The number of nitrogens with zero attached hydrogens (tertiary/aromatic N) is 1. The Balaban J connectivity index is 2.07. The van der Waals surface area contributed by atoms with Gasteiger partial charge >= 0.3 is 0 Å². The molecule has 2 aromatic rings. The summed E-state index contributed by atoms with van der Waals surface area (Å²) < 4.78 is 13.8. The van der Waals surface area contributed by atoms with E-state index in [0.717, 1.165) is 16.9 Å². The molecule has 0 aliphatic carbocycles. The second-order valence-corrected chi connectivity index (χ2v) is 6.14. The van der Waals surface area contributed by atoms with E-state index in [4.69, 9.17) is 5.11 Å². The zero-order chi connectivity index (χ0) is 16.7. The highest BCUT2D eigenvalue weighted by Crippen LogP contribution is 2.17. The average molecular weight is 333 g/mol. The fourth-order valence-corrected chi connectivity index (χ4v) is 2.99. The van der Waals surface area contributed by atoms with Crippen LogP contribution in [0.25, 0.3) is 6.08 Å². The van der Waals surface area contributed by atoms with Gasteiger partial charge in [-0.15, -0.1) is 11.3 Å². The first-order valence-electron chi connectivity index (χ1n) is 7.52. The number of rotatable bonds is 7. The van der Waals surface area contributed by atoms with Gasteiger partial charge in [-0.3, -0.25) is 4.79 Å². The van der Waals surface area contributed by atoms with Crippen LogP contribution >= 0.6 is 11.3 Å². The predicted molar refractivity (Wildman–Crippen MR) is 91.4 cm³/mol. The number of halogens is 1. The first kappa shape index (κ1) is 17.4. The summed E-state index contributed by atoms with van der Waals surface area (Å²) in [4.78, 5) is 14.9. The monoisotopic (exact) mass is 333 g/mol. The Labute approximate surface area is 139 Å². The van der Waals surface area contributed by atoms with E-state index in [0.29, 0.717) is 12.1 Å². The molecule has 0 fully saturated rings. The van der Waals surface area contributed by atoms with Crippen molar-refractivity contribution in [2.75, 3.05) is 6.54 Å². The molecule has 1 amide bonds. The SMILES string of the molecule is CCCN(Cc1ccccc1F)C(=O)C=Cc1cc(CO)cs1. The van der Waals surface area contributed by atoms with Crippen LogP contribution in [0.3, 0.4) is 0 Å². The largest absolute Gasteiger partial charge is 0.392 e. The molecule has 0 aliphatic rings. The van der Waals surface area contributed by atoms with E-state index in [9.17, 15) is 9.18 Å². The van der Waals surface area contributed by atoms with E-state index in [1.807, 2.05) is 18.4 Å². The molecule has 1 aromatic carbocycles. The Morgan fingerprint density at radius 3 is 2.83 bits per heavy atom. The molecule has 0 saturated heterocycles. The fourth-order valence-electron chi connectivity index (χ4n) is 2.19. The lowest BCUT2D eigenvalue weighted by molar-refractivity contribution is -0.126. The van der Waals surface area contributed by atoms with Crippen molar-refractivity contribution in [1.82, 2.24) is 4.90 Å². The van der Waals surface area contributed by atoms with Crippen LogP contribution in [0.15, 0.2) is 41.8 Å². The maximum atomic E-state index is 13.8.